The molecular weight excluding hydrogens is 506 g/mol. The average molecular weight is 540 g/mol. The van der Waals surface area contributed by atoms with Gasteiger partial charge in [0.1, 0.15) is 5.75 Å². The van der Waals surface area contributed by atoms with Gasteiger partial charge in [-0.1, -0.05) is 30.3 Å². The number of carboxylic acid groups (broad SMARTS) is 2. The number of benzene rings is 3. The van der Waals surface area contributed by atoms with Crippen molar-refractivity contribution in [1.29, 1.82) is 0 Å². The van der Waals surface area contributed by atoms with Crippen LogP contribution in [0.3, 0.4) is 0 Å². The predicted molar refractivity (Wildman–Crippen MR) is 143 cm³/mol. The van der Waals surface area contributed by atoms with Crippen molar-refractivity contribution in [3.63, 3.8) is 0 Å². The Morgan fingerprint density at radius 1 is 0.821 bits per heavy atom. The Morgan fingerprint density at radius 3 is 2.21 bits per heavy atom. The first-order valence-electron chi connectivity index (χ1n) is 12.3. The number of hydrogen-bond donors (Lipinski definition) is 2. The molecule has 3 aromatic carbocycles. The molecule has 0 aliphatic carbocycles. The van der Waals surface area contributed by atoms with Gasteiger partial charge in [-0.3, -0.25) is 4.90 Å². The Kier molecular flexibility index (Phi) is 10.8. The van der Waals surface area contributed by atoms with Crippen molar-refractivity contribution in [3.8, 4) is 28.7 Å². The first-order valence-corrected chi connectivity index (χ1v) is 12.3. The molecule has 0 saturated carbocycles. The molecule has 4 rings (SSSR count). The van der Waals surface area contributed by atoms with E-state index in [-0.39, 0.29) is 0 Å². The molecule has 2 N–H and O–H groups in total. The lowest BCUT2D eigenvalue weighted by atomic mass is 10.1. The summed E-state index contributed by atoms with van der Waals surface area (Å²) in [5, 5.41) is 14.8. The Balaban J connectivity index is 0.000000631. The van der Waals surface area contributed by atoms with Crippen LogP contribution in [0.25, 0.3) is 0 Å². The van der Waals surface area contributed by atoms with Gasteiger partial charge in [0.15, 0.2) is 23.0 Å². The summed E-state index contributed by atoms with van der Waals surface area (Å²) < 4.78 is 27.8. The third-order valence-electron chi connectivity index (χ3n) is 5.86. The minimum absolute atomic E-state index is 0.290. The lowest BCUT2D eigenvalue weighted by Gasteiger charge is -2.24. The highest BCUT2D eigenvalue weighted by molar-refractivity contribution is 6.27. The van der Waals surface area contributed by atoms with E-state index in [0.29, 0.717) is 13.4 Å². The SMILES string of the molecule is CCOc1ccccc1CN(CCc1ccc2c(c1)OCO2)Cc1ccc(OC)c(OC)c1.O=C(O)C(=O)O. The normalized spacial score (nSPS) is 11.4. The van der Waals surface area contributed by atoms with E-state index >= 15 is 0 Å². The van der Waals surface area contributed by atoms with E-state index in [2.05, 4.69) is 35.2 Å². The Morgan fingerprint density at radius 2 is 1.51 bits per heavy atom. The molecule has 3 aromatic rings. The van der Waals surface area contributed by atoms with Crippen molar-refractivity contribution < 1.29 is 43.5 Å². The van der Waals surface area contributed by atoms with E-state index in [4.69, 9.17) is 43.5 Å². The van der Waals surface area contributed by atoms with Crippen LogP contribution in [0.2, 0.25) is 0 Å². The van der Waals surface area contributed by atoms with Gasteiger partial charge in [-0.15, -0.1) is 0 Å². The maximum absolute atomic E-state index is 9.10. The van der Waals surface area contributed by atoms with Gasteiger partial charge >= 0.3 is 11.9 Å². The monoisotopic (exact) mass is 539 g/mol. The Labute approximate surface area is 227 Å². The summed E-state index contributed by atoms with van der Waals surface area (Å²) in [4.78, 5) is 20.6. The van der Waals surface area contributed by atoms with Gasteiger partial charge in [-0.05, 0) is 54.8 Å². The zero-order valence-corrected chi connectivity index (χ0v) is 22.2. The van der Waals surface area contributed by atoms with Crippen LogP contribution in [0.5, 0.6) is 28.7 Å². The highest BCUT2D eigenvalue weighted by atomic mass is 16.7. The van der Waals surface area contributed by atoms with Gasteiger partial charge < -0.3 is 33.9 Å². The van der Waals surface area contributed by atoms with Crippen LogP contribution in [0.1, 0.15) is 23.6 Å². The fourth-order valence-corrected chi connectivity index (χ4v) is 4.01. The van der Waals surface area contributed by atoms with Crippen molar-refractivity contribution in [3.05, 3.63) is 77.4 Å². The van der Waals surface area contributed by atoms with Gasteiger partial charge in [0.05, 0.1) is 20.8 Å². The van der Waals surface area contributed by atoms with Crippen LogP contribution >= 0.6 is 0 Å². The Hall–Kier alpha value is -4.44. The van der Waals surface area contributed by atoms with E-state index in [1.165, 1.54) is 11.1 Å². The van der Waals surface area contributed by atoms with Crippen LogP contribution in [0, 0.1) is 0 Å². The topological polar surface area (TPSA) is 124 Å². The molecule has 10 heteroatoms. The molecule has 0 bridgehead atoms. The molecule has 0 saturated heterocycles. The Bertz CT molecular complexity index is 1250. The second kappa shape index (κ2) is 14.5. The van der Waals surface area contributed by atoms with E-state index < -0.39 is 11.9 Å². The summed E-state index contributed by atoms with van der Waals surface area (Å²) in [6.45, 7) is 5.36. The van der Waals surface area contributed by atoms with Crippen LogP contribution in [-0.2, 0) is 29.1 Å². The summed E-state index contributed by atoms with van der Waals surface area (Å²) in [5.41, 5.74) is 3.55. The van der Waals surface area contributed by atoms with Gasteiger partial charge in [0.2, 0.25) is 6.79 Å². The first-order chi connectivity index (χ1) is 18.8. The fraction of sp³-hybridized carbons (Fsp3) is 0.310. The van der Waals surface area contributed by atoms with Gasteiger partial charge in [-0.2, -0.15) is 0 Å². The van der Waals surface area contributed by atoms with Gasteiger partial charge in [-0.25, -0.2) is 9.59 Å². The van der Waals surface area contributed by atoms with Crippen molar-refractivity contribution in [2.24, 2.45) is 0 Å². The zero-order chi connectivity index (χ0) is 28.2. The number of carbonyl (C=O) groups is 2. The van der Waals surface area contributed by atoms with Crippen LogP contribution in [-0.4, -0.2) is 61.2 Å². The van der Waals surface area contributed by atoms with Crippen molar-refractivity contribution in [2.45, 2.75) is 26.4 Å². The lowest BCUT2D eigenvalue weighted by molar-refractivity contribution is -0.159. The highest BCUT2D eigenvalue weighted by Crippen LogP contribution is 2.33. The molecule has 0 radical (unpaired) electrons. The van der Waals surface area contributed by atoms with Crippen molar-refractivity contribution >= 4 is 11.9 Å². The van der Waals surface area contributed by atoms with E-state index in [0.717, 1.165) is 60.4 Å². The summed E-state index contributed by atoms with van der Waals surface area (Å²) in [6.07, 6.45) is 0.890. The second-order valence-corrected chi connectivity index (χ2v) is 8.49. The number of para-hydroxylation sites is 1. The predicted octanol–water partition coefficient (Wildman–Crippen LogP) is 4.23. The van der Waals surface area contributed by atoms with E-state index in [1.54, 1.807) is 14.2 Å². The molecule has 10 nitrogen and oxygen atoms in total. The summed E-state index contributed by atoms with van der Waals surface area (Å²) in [6, 6.07) is 20.5. The van der Waals surface area contributed by atoms with Crippen LogP contribution in [0.4, 0.5) is 0 Å². The summed E-state index contributed by atoms with van der Waals surface area (Å²) >= 11 is 0. The number of rotatable bonds is 11. The second-order valence-electron chi connectivity index (χ2n) is 8.49. The third-order valence-corrected chi connectivity index (χ3v) is 5.86. The molecule has 1 aliphatic heterocycles. The molecule has 0 unspecified atom stereocenters. The molecule has 39 heavy (non-hydrogen) atoms. The number of fused-ring (bicyclic) bond motifs is 1. The molecule has 208 valence electrons. The maximum Gasteiger partial charge on any atom is 0.414 e. The fourth-order valence-electron chi connectivity index (χ4n) is 4.01. The largest absolute Gasteiger partial charge is 0.494 e. The van der Waals surface area contributed by atoms with Gasteiger partial charge in [0, 0.05) is 25.2 Å². The molecule has 0 spiro atoms. The average Bonchev–Trinajstić information content (AvgIpc) is 3.41. The minimum atomic E-state index is -1.82. The third kappa shape index (κ3) is 8.54. The molecule has 0 aromatic heterocycles. The minimum Gasteiger partial charge on any atom is -0.494 e. The van der Waals surface area contributed by atoms with Crippen LogP contribution < -0.4 is 23.7 Å². The molecule has 1 heterocycles. The summed E-state index contributed by atoms with van der Waals surface area (Å²) in [7, 11) is 3.32. The quantitative estimate of drug-likeness (QED) is 0.342. The van der Waals surface area contributed by atoms with Crippen molar-refractivity contribution in [1.82, 2.24) is 4.90 Å². The maximum atomic E-state index is 9.10. The number of ether oxygens (including phenoxy) is 5. The van der Waals surface area contributed by atoms with Crippen molar-refractivity contribution in [2.75, 3.05) is 34.2 Å². The molecule has 1 aliphatic rings. The molecule has 0 fully saturated rings. The standard InChI is InChI=1S/C27H31NO5.C2H2O4/c1-4-31-23-8-6-5-7-22(23)18-28(17-21-10-11-24(29-2)26(16-21)30-3)14-13-20-9-12-25-27(15-20)33-19-32-25;3-1(4)2(5)6/h5-12,15-16H,4,13-14,17-19H2,1-3H3;(H,3,4)(H,5,6). The number of methoxy groups -OCH3 is 2. The highest BCUT2D eigenvalue weighted by Gasteiger charge is 2.16. The van der Waals surface area contributed by atoms with E-state index in [1.807, 2.05) is 37.3 Å². The number of aliphatic carboxylic acids is 2. The molecular formula is C29H33NO9. The zero-order valence-electron chi connectivity index (χ0n) is 22.2. The van der Waals surface area contributed by atoms with Gasteiger partial charge in [0.25, 0.3) is 0 Å². The number of hydrogen-bond acceptors (Lipinski definition) is 8. The smallest absolute Gasteiger partial charge is 0.414 e. The van der Waals surface area contributed by atoms with E-state index in [9.17, 15) is 0 Å². The number of carboxylic acids is 2. The first kappa shape index (κ1) is 29.1. The lowest BCUT2D eigenvalue weighted by Crippen LogP contribution is -2.25. The van der Waals surface area contributed by atoms with Crippen LogP contribution in [0.15, 0.2) is 60.7 Å². The molecule has 0 amide bonds. The summed E-state index contributed by atoms with van der Waals surface area (Å²) in [5.74, 6) is 0.382. The number of nitrogens with zero attached hydrogens (tertiary/aromatic N) is 1. The molecule has 0 atom stereocenters.